The Morgan fingerprint density at radius 2 is 1.70 bits per heavy atom. The van der Waals surface area contributed by atoms with Crippen LogP contribution in [0, 0.1) is 5.41 Å². The van der Waals surface area contributed by atoms with Crippen molar-refractivity contribution in [3.8, 4) is 0 Å². The Morgan fingerprint density at radius 3 is 2.21 bits per heavy atom. The molecule has 0 amide bonds. The lowest BCUT2D eigenvalue weighted by Crippen LogP contribution is -2.32. The number of alkyl halides is 3. The van der Waals surface area contributed by atoms with Crippen LogP contribution in [0.2, 0.25) is 0 Å². The maximum atomic E-state index is 13.2. The molecule has 1 aromatic carbocycles. The van der Waals surface area contributed by atoms with Gasteiger partial charge in [-0.15, -0.1) is 0 Å². The first-order chi connectivity index (χ1) is 15.3. The van der Waals surface area contributed by atoms with Crippen molar-refractivity contribution in [1.29, 1.82) is 0 Å². The molecule has 0 saturated carbocycles. The number of hydrogen-bond donors (Lipinski definition) is 1. The monoisotopic (exact) mass is 461 g/mol. The van der Waals surface area contributed by atoms with Gasteiger partial charge in [-0.25, -0.2) is 0 Å². The lowest BCUT2D eigenvalue weighted by Gasteiger charge is -2.38. The van der Waals surface area contributed by atoms with Gasteiger partial charge in [0.2, 0.25) is 0 Å². The molecule has 180 valence electrons. The molecule has 2 aromatic rings. The van der Waals surface area contributed by atoms with Crippen LogP contribution in [0.15, 0.2) is 24.3 Å². The number of fused-ring (bicyclic) bond motifs is 3. The van der Waals surface area contributed by atoms with Crippen LogP contribution in [0.5, 0.6) is 0 Å². The molecule has 1 aliphatic heterocycles. The van der Waals surface area contributed by atoms with Gasteiger partial charge in [0.05, 0.1) is 17.3 Å². The van der Waals surface area contributed by atoms with Crippen LogP contribution in [0.1, 0.15) is 118 Å². The van der Waals surface area contributed by atoms with Crippen molar-refractivity contribution >= 4 is 0 Å². The average molecular weight is 462 g/mol. The first-order valence-corrected chi connectivity index (χ1v) is 11.9. The molecule has 2 aliphatic rings. The van der Waals surface area contributed by atoms with Gasteiger partial charge in [0.1, 0.15) is 6.10 Å². The van der Waals surface area contributed by atoms with Crippen LogP contribution in [-0.4, -0.2) is 10.1 Å². The first-order valence-electron chi connectivity index (χ1n) is 11.9. The van der Waals surface area contributed by atoms with Crippen LogP contribution in [-0.2, 0) is 22.9 Å². The van der Waals surface area contributed by atoms with E-state index < -0.39 is 29.5 Å². The molecule has 1 N–H and O–H groups in total. The minimum Gasteiger partial charge on any atom is -0.388 e. The fourth-order valence-electron chi connectivity index (χ4n) is 5.72. The zero-order valence-electron chi connectivity index (χ0n) is 20.3. The normalized spacial score (nSPS) is 23.5. The number of pyridine rings is 1. The lowest BCUT2D eigenvalue weighted by atomic mass is 9.70. The largest absolute Gasteiger partial charge is 0.416 e. The Kier molecular flexibility index (Phi) is 5.93. The van der Waals surface area contributed by atoms with Crippen molar-refractivity contribution in [2.45, 2.75) is 97.1 Å². The zero-order valence-corrected chi connectivity index (χ0v) is 20.3. The predicted molar refractivity (Wildman–Crippen MR) is 122 cm³/mol. The third-order valence-electron chi connectivity index (χ3n) is 7.40. The van der Waals surface area contributed by atoms with Gasteiger partial charge in [-0.05, 0) is 60.3 Å². The fourth-order valence-corrected chi connectivity index (χ4v) is 5.72. The van der Waals surface area contributed by atoms with E-state index in [1.807, 2.05) is 0 Å². The van der Waals surface area contributed by atoms with Crippen LogP contribution in [0.25, 0.3) is 0 Å². The van der Waals surface area contributed by atoms with E-state index in [-0.39, 0.29) is 11.3 Å². The highest BCUT2D eigenvalue weighted by molar-refractivity contribution is 5.54. The number of aromatic nitrogens is 1. The summed E-state index contributed by atoms with van der Waals surface area (Å²) in [6.07, 6.45) is -2.71. The molecule has 2 heterocycles. The van der Waals surface area contributed by atoms with E-state index >= 15 is 0 Å². The number of ether oxygens (including phenoxy) is 1. The molecular formula is C27H34F3NO2. The summed E-state index contributed by atoms with van der Waals surface area (Å²) in [4.78, 5) is 5.08. The summed E-state index contributed by atoms with van der Waals surface area (Å²) in [5.74, 6) is 0.108. The molecule has 2 atom stereocenters. The third kappa shape index (κ3) is 3.99. The number of halogens is 3. The number of rotatable bonds is 4. The maximum Gasteiger partial charge on any atom is 0.416 e. The minimum absolute atomic E-state index is 0.0602. The number of benzene rings is 1. The maximum absolute atomic E-state index is 13.2. The average Bonchev–Trinajstić information content (AvgIpc) is 3.07. The molecular weight excluding hydrogens is 427 g/mol. The van der Waals surface area contributed by atoms with Gasteiger partial charge in [-0.2, -0.15) is 13.2 Å². The standard InChI is InChI=1S/C27H34F3NO2/c1-7-26(8-2)22-20-18(13-25(5,6)14-19(20)32)31-23(15(3)4)21(22)24(33-26)16-9-11-17(12-10-16)27(28,29)30/h9-12,15,19,24,32H,7-8,13-14H2,1-6H3. The molecule has 1 aromatic heterocycles. The van der Waals surface area contributed by atoms with Gasteiger partial charge in [-0.3, -0.25) is 4.98 Å². The molecule has 0 fully saturated rings. The zero-order chi connectivity index (χ0) is 24.3. The van der Waals surface area contributed by atoms with E-state index in [9.17, 15) is 18.3 Å². The predicted octanol–water partition coefficient (Wildman–Crippen LogP) is 7.36. The van der Waals surface area contributed by atoms with Gasteiger partial charge in [0, 0.05) is 22.5 Å². The second-order valence-electron chi connectivity index (χ2n) is 10.7. The Labute approximate surface area is 194 Å². The minimum atomic E-state index is -4.38. The molecule has 4 rings (SSSR count). The van der Waals surface area contributed by atoms with Gasteiger partial charge < -0.3 is 9.84 Å². The molecule has 0 radical (unpaired) electrons. The summed E-state index contributed by atoms with van der Waals surface area (Å²) in [5, 5.41) is 11.3. The molecule has 0 bridgehead atoms. The second kappa shape index (κ2) is 8.09. The molecule has 33 heavy (non-hydrogen) atoms. The van der Waals surface area contributed by atoms with Gasteiger partial charge in [0.25, 0.3) is 0 Å². The van der Waals surface area contributed by atoms with E-state index in [4.69, 9.17) is 9.72 Å². The van der Waals surface area contributed by atoms with Crippen molar-refractivity contribution < 1.29 is 23.0 Å². The molecule has 3 nitrogen and oxygen atoms in total. The van der Waals surface area contributed by atoms with Crippen molar-refractivity contribution in [1.82, 2.24) is 4.98 Å². The summed E-state index contributed by atoms with van der Waals surface area (Å²) in [5.41, 5.74) is 4.03. The van der Waals surface area contributed by atoms with Crippen molar-refractivity contribution in [2.75, 3.05) is 0 Å². The van der Waals surface area contributed by atoms with Crippen LogP contribution < -0.4 is 0 Å². The van der Waals surface area contributed by atoms with Crippen molar-refractivity contribution in [2.24, 2.45) is 5.41 Å². The first kappa shape index (κ1) is 24.2. The highest BCUT2D eigenvalue weighted by Crippen LogP contribution is 2.56. The Bertz CT molecular complexity index is 1040. The fraction of sp³-hybridized carbons (Fsp3) is 0.593. The van der Waals surface area contributed by atoms with Crippen molar-refractivity contribution in [3.63, 3.8) is 0 Å². The summed E-state index contributed by atoms with van der Waals surface area (Å²) in [6.45, 7) is 12.6. The summed E-state index contributed by atoms with van der Waals surface area (Å²) in [7, 11) is 0. The molecule has 2 unspecified atom stereocenters. The van der Waals surface area contributed by atoms with Crippen LogP contribution >= 0.6 is 0 Å². The van der Waals surface area contributed by atoms with Gasteiger partial charge in [0.15, 0.2) is 0 Å². The number of aliphatic hydroxyl groups excluding tert-OH is 1. The smallest absolute Gasteiger partial charge is 0.388 e. The highest BCUT2D eigenvalue weighted by Gasteiger charge is 2.50. The van der Waals surface area contributed by atoms with Crippen LogP contribution in [0.3, 0.4) is 0 Å². The van der Waals surface area contributed by atoms with Gasteiger partial charge in [-0.1, -0.05) is 53.7 Å². The SMILES string of the molecule is CCC1(CC)OC(c2ccc(C(F)(F)F)cc2)c2c(C(C)C)nc3c(c21)C(O)CC(C)(C)C3. The number of hydrogen-bond acceptors (Lipinski definition) is 3. The van der Waals surface area contributed by atoms with E-state index in [2.05, 4.69) is 41.5 Å². The Morgan fingerprint density at radius 1 is 1.09 bits per heavy atom. The molecule has 6 heteroatoms. The number of aliphatic hydroxyl groups is 1. The van der Waals surface area contributed by atoms with Crippen LogP contribution in [0.4, 0.5) is 13.2 Å². The summed E-state index contributed by atoms with van der Waals surface area (Å²) in [6, 6.07) is 5.27. The Hall–Kier alpha value is -1.92. The number of nitrogens with zero attached hydrogens (tertiary/aromatic N) is 1. The quantitative estimate of drug-likeness (QED) is 0.517. The topological polar surface area (TPSA) is 42.4 Å². The van der Waals surface area contributed by atoms with E-state index in [0.29, 0.717) is 24.8 Å². The lowest BCUT2D eigenvalue weighted by molar-refractivity contribution is -0.137. The van der Waals surface area contributed by atoms with Gasteiger partial charge >= 0.3 is 6.18 Å². The second-order valence-corrected chi connectivity index (χ2v) is 10.7. The molecule has 0 spiro atoms. The van der Waals surface area contributed by atoms with E-state index in [1.165, 1.54) is 12.1 Å². The highest BCUT2D eigenvalue weighted by atomic mass is 19.4. The van der Waals surface area contributed by atoms with E-state index in [1.54, 1.807) is 0 Å². The van der Waals surface area contributed by atoms with E-state index in [0.717, 1.165) is 46.6 Å². The molecule has 1 aliphatic carbocycles. The summed E-state index contributed by atoms with van der Waals surface area (Å²) < 4.78 is 46.2. The van der Waals surface area contributed by atoms with Crippen molar-refractivity contribution in [3.05, 3.63) is 63.5 Å². The third-order valence-corrected chi connectivity index (χ3v) is 7.40. The summed E-state index contributed by atoms with van der Waals surface area (Å²) >= 11 is 0. The Balaban J connectivity index is 1.98. The molecule has 0 saturated heterocycles.